The highest BCUT2D eigenvalue weighted by atomic mass is 15.1. The fourth-order valence-corrected chi connectivity index (χ4v) is 3.14. The van der Waals surface area contributed by atoms with Gasteiger partial charge < -0.3 is 9.88 Å². The quantitative estimate of drug-likeness (QED) is 0.938. The molecule has 0 unspecified atom stereocenters. The molecular formula is C17H24N4. The van der Waals surface area contributed by atoms with Crippen molar-refractivity contribution in [3.63, 3.8) is 0 Å². The Kier molecular flexibility index (Phi) is 4.34. The van der Waals surface area contributed by atoms with Gasteiger partial charge in [-0.05, 0) is 56.8 Å². The first-order valence-corrected chi connectivity index (χ1v) is 7.84. The zero-order valence-corrected chi connectivity index (χ0v) is 13.0. The summed E-state index contributed by atoms with van der Waals surface area (Å²) in [5.41, 5.74) is 3.56. The van der Waals surface area contributed by atoms with Crippen molar-refractivity contribution < 1.29 is 0 Å². The molecule has 3 rings (SSSR count). The molecule has 1 aliphatic rings. The molecule has 0 spiro atoms. The van der Waals surface area contributed by atoms with E-state index in [1.165, 1.54) is 29.8 Å². The van der Waals surface area contributed by atoms with Crippen molar-refractivity contribution in [2.24, 2.45) is 5.92 Å². The first-order valence-electron chi connectivity index (χ1n) is 7.84. The lowest BCUT2D eigenvalue weighted by Gasteiger charge is -2.23. The molecule has 0 radical (unpaired) electrons. The summed E-state index contributed by atoms with van der Waals surface area (Å²) in [4.78, 5) is 9.01. The molecule has 1 N–H and O–H groups in total. The normalized spacial score (nSPS) is 16.3. The van der Waals surface area contributed by atoms with E-state index in [0.717, 1.165) is 37.7 Å². The smallest absolute Gasteiger partial charge is 0.113 e. The Morgan fingerprint density at radius 2 is 2.05 bits per heavy atom. The molecule has 0 saturated carbocycles. The minimum Gasteiger partial charge on any atom is -0.334 e. The van der Waals surface area contributed by atoms with Crippen LogP contribution in [0.5, 0.6) is 0 Å². The zero-order valence-electron chi connectivity index (χ0n) is 13.0. The van der Waals surface area contributed by atoms with Crippen molar-refractivity contribution in [1.29, 1.82) is 0 Å². The SMILES string of the molecule is Cc1cncc(Cc2nc(C)cn2CC2CCNCC2)c1. The number of imidazole rings is 1. The highest BCUT2D eigenvalue weighted by Crippen LogP contribution is 2.17. The molecule has 1 fully saturated rings. The van der Waals surface area contributed by atoms with Crippen LogP contribution in [0.25, 0.3) is 0 Å². The second-order valence-corrected chi connectivity index (χ2v) is 6.19. The van der Waals surface area contributed by atoms with Crippen LogP contribution in [0.3, 0.4) is 0 Å². The van der Waals surface area contributed by atoms with Crippen LogP contribution in [0.4, 0.5) is 0 Å². The molecular weight excluding hydrogens is 260 g/mol. The van der Waals surface area contributed by atoms with Gasteiger partial charge in [-0.25, -0.2) is 4.98 Å². The number of aromatic nitrogens is 3. The monoisotopic (exact) mass is 284 g/mol. The molecule has 4 heteroatoms. The van der Waals surface area contributed by atoms with Gasteiger partial charge in [0.25, 0.3) is 0 Å². The second kappa shape index (κ2) is 6.39. The van der Waals surface area contributed by atoms with E-state index in [1.54, 1.807) is 0 Å². The third-order valence-corrected chi connectivity index (χ3v) is 4.19. The molecule has 112 valence electrons. The lowest BCUT2D eigenvalue weighted by molar-refractivity contribution is 0.330. The van der Waals surface area contributed by atoms with E-state index in [4.69, 9.17) is 4.98 Å². The second-order valence-electron chi connectivity index (χ2n) is 6.19. The van der Waals surface area contributed by atoms with Crippen molar-refractivity contribution >= 4 is 0 Å². The summed E-state index contributed by atoms with van der Waals surface area (Å²) >= 11 is 0. The molecule has 1 aliphatic heterocycles. The maximum Gasteiger partial charge on any atom is 0.113 e. The molecule has 0 aliphatic carbocycles. The van der Waals surface area contributed by atoms with Crippen LogP contribution in [0, 0.1) is 19.8 Å². The maximum absolute atomic E-state index is 4.72. The highest BCUT2D eigenvalue weighted by molar-refractivity contribution is 5.21. The van der Waals surface area contributed by atoms with Crippen LogP contribution in [-0.4, -0.2) is 27.6 Å². The Labute approximate surface area is 126 Å². The van der Waals surface area contributed by atoms with Gasteiger partial charge in [-0.1, -0.05) is 6.07 Å². The molecule has 4 nitrogen and oxygen atoms in total. The summed E-state index contributed by atoms with van der Waals surface area (Å²) in [6, 6.07) is 2.20. The van der Waals surface area contributed by atoms with E-state index in [-0.39, 0.29) is 0 Å². The van der Waals surface area contributed by atoms with Crippen LogP contribution < -0.4 is 5.32 Å². The standard InChI is InChI=1S/C17H24N4/c1-13-7-16(10-19-9-13)8-17-20-14(2)11-21(17)12-15-3-5-18-6-4-15/h7,9-11,15,18H,3-6,8,12H2,1-2H3. The predicted molar refractivity (Wildman–Crippen MR) is 84.3 cm³/mol. The summed E-state index contributed by atoms with van der Waals surface area (Å²) in [7, 11) is 0. The Morgan fingerprint density at radius 3 is 2.81 bits per heavy atom. The molecule has 0 atom stereocenters. The number of hydrogen-bond acceptors (Lipinski definition) is 3. The maximum atomic E-state index is 4.72. The van der Waals surface area contributed by atoms with E-state index in [9.17, 15) is 0 Å². The van der Waals surface area contributed by atoms with Crippen molar-refractivity contribution in [3.05, 3.63) is 47.3 Å². The highest BCUT2D eigenvalue weighted by Gasteiger charge is 2.16. The Bertz CT molecular complexity index is 597. The van der Waals surface area contributed by atoms with Crippen LogP contribution in [0.15, 0.2) is 24.7 Å². The van der Waals surface area contributed by atoms with E-state index < -0.39 is 0 Å². The van der Waals surface area contributed by atoms with Gasteiger partial charge in [0.15, 0.2) is 0 Å². The van der Waals surface area contributed by atoms with Crippen molar-refractivity contribution in [1.82, 2.24) is 19.9 Å². The number of hydrogen-bond donors (Lipinski definition) is 1. The minimum atomic E-state index is 0.772. The fraction of sp³-hybridized carbons (Fsp3) is 0.529. The molecule has 0 aromatic carbocycles. The van der Waals surface area contributed by atoms with E-state index in [2.05, 4.69) is 41.0 Å². The Hall–Kier alpha value is -1.68. The minimum absolute atomic E-state index is 0.772. The average molecular weight is 284 g/mol. The lowest BCUT2D eigenvalue weighted by Crippen LogP contribution is -2.30. The third-order valence-electron chi connectivity index (χ3n) is 4.19. The van der Waals surface area contributed by atoms with Gasteiger partial charge in [0.05, 0.1) is 5.69 Å². The summed E-state index contributed by atoms with van der Waals surface area (Å²) in [6.45, 7) is 7.56. The van der Waals surface area contributed by atoms with Gasteiger partial charge in [-0.3, -0.25) is 4.98 Å². The number of nitrogens with one attached hydrogen (secondary N) is 1. The van der Waals surface area contributed by atoms with Gasteiger partial charge in [-0.15, -0.1) is 0 Å². The van der Waals surface area contributed by atoms with E-state index >= 15 is 0 Å². The molecule has 2 aromatic heterocycles. The molecule has 0 amide bonds. The molecule has 0 bridgehead atoms. The Balaban J connectivity index is 1.75. The average Bonchev–Trinajstić information content (AvgIpc) is 2.80. The molecule has 1 saturated heterocycles. The van der Waals surface area contributed by atoms with E-state index in [1.807, 2.05) is 12.4 Å². The van der Waals surface area contributed by atoms with Gasteiger partial charge in [-0.2, -0.15) is 0 Å². The molecule has 3 heterocycles. The van der Waals surface area contributed by atoms with Crippen LogP contribution in [-0.2, 0) is 13.0 Å². The molecule has 21 heavy (non-hydrogen) atoms. The van der Waals surface area contributed by atoms with Crippen LogP contribution in [0.1, 0.15) is 35.5 Å². The van der Waals surface area contributed by atoms with Gasteiger partial charge in [0.2, 0.25) is 0 Å². The van der Waals surface area contributed by atoms with Gasteiger partial charge >= 0.3 is 0 Å². The molecule has 2 aromatic rings. The number of rotatable bonds is 4. The third kappa shape index (κ3) is 3.70. The zero-order chi connectivity index (χ0) is 14.7. The van der Waals surface area contributed by atoms with Crippen molar-refractivity contribution in [2.45, 2.75) is 39.7 Å². The van der Waals surface area contributed by atoms with Crippen LogP contribution in [0.2, 0.25) is 0 Å². The number of pyridine rings is 1. The summed E-state index contributed by atoms with van der Waals surface area (Å²) in [5, 5.41) is 3.43. The first-order chi connectivity index (χ1) is 10.2. The number of nitrogens with zero attached hydrogens (tertiary/aromatic N) is 3. The van der Waals surface area contributed by atoms with Crippen molar-refractivity contribution in [2.75, 3.05) is 13.1 Å². The predicted octanol–water partition coefficient (Wildman–Crippen LogP) is 2.49. The number of piperidine rings is 1. The van der Waals surface area contributed by atoms with Gasteiger partial charge in [0.1, 0.15) is 5.82 Å². The fourth-order valence-electron chi connectivity index (χ4n) is 3.14. The summed E-state index contributed by atoms with van der Waals surface area (Å²) in [6.07, 6.45) is 9.45. The topological polar surface area (TPSA) is 42.7 Å². The largest absolute Gasteiger partial charge is 0.334 e. The van der Waals surface area contributed by atoms with Crippen molar-refractivity contribution in [3.8, 4) is 0 Å². The van der Waals surface area contributed by atoms with Gasteiger partial charge in [0, 0.05) is 31.6 Å². The lowest BCUT2D eigenvalue weighted by atomic mass is 9.98. The summed E-state index contributed by atoms with van der Waals surface area (Å²) in [5.74, 6) is 1.94. The summed E-state index contributed by atoms with van der Waals surface area (Å²) < 4.78 is 2.35. The van der Waals surface area contributed by atoms with Crippen LogP contribution >= 0.6 is 0 Å². The van der Waals surface area contributed by atoms with E-state index in [0.29, 0.717) is 0 Å². The first kappa shape index (κ1) is 14.3. The Morgan fingerprint density at radius 1 is 1.24 bits per heavy atom. The number of aryl methyl sites for hydroxylation is 2.